The molecule has 146 valence electrons. The molecule has 0 aliphatic heterocycles. The molecule has 0 aliphatic rings. The van der Waals surface area contributed by atoms with Crippen molar-refractivity contribution in [2.24, 2.45) is 0 Å². The van der Waals surface area contributed by atoms with Gasteiger partial charge >= 0.3 is 0 Å². The summed E-state index contributed by atoms with van der Waals surface area (Å²) in [5, 5.41) is 13.0. The number of ether oxygens (including phenoxy) is 2. The van der Waals surface area contributed by atoms with Crippen LogP contribution in [0.2, 0.25) is 5.02 Å². The largest absolute Gasteiger partial charge is 0.508 e. The Kier molecular flexibility index (Phi) is 6.61. The van der Waals surface area contributed by atoms with Crippen LogP contribution >= 0.6 is 11.6 Å². The Bertz CT molecular complexity index is 932. The molecule has 0 aliphatic carbocycles. The molecule has 0 heterocycles. The van der Waals surface area contributed by atoms with Gasteiger partial charge in [-0.05, 0) is 55.0 Å². The fraction of sp³-hybridized carbons (Fsp3) is 0.182. The Morgan fingerprint density at radius 3 is 2.50 bits per heavy atom. The van der Waals surface area contributed by atoms with Gasteiger partial charge in [-0.3, -0.25) is 0 Å². The van der Waals surface area contributed by atoms with Gasteiger partial charge in [0.05, 0.1) is 11.6 Å². The van der Waals surface area contributed by atoms with E-state index in [0.29, 0.717) is 35.2 Å². The standard InChI is InChI=1S/C22H21ClFNO3/c1-2-27-21-12-15(13-25-17-7-9-18(26)10-8-17)11-19(23)22(21)28-14-16-5-3-4-6-20(16)24/h3-12,25-26H,2,13-14H2,1H3. The molecule has 0 saturated carbocycles. The molecule has 3 rings (SSSR count). The van der Waals surface area contributed by atoms with Crippen LogP contribution in [0.3, 0.4) is 0 Å². The van der Waals surface area contributed by atoms with E-state index in [1.807, 2.05) is 13.0 Å². The minimum atomic E-state index is -0.327. The monoisotopic (exact) mass is 401 g/mol. The Morgan fingerprint density at radius 2 is 1.79 bits per heavy atom. The van der Waals surface area contributed by atoms with Gasteiger partial charge in [0.2, 0.25) is 0 Å². The molecule has 0 radical (unpaired) electrons. The van der Waals surface area contributed by atoms with Crippen LogP contribution in [-0.4, -0.2) is 11.7 Å². The van der Waals surface area contributed by atoms with E-state index in [9.17, 15) is 9.50 Å². The SMILES string of the molecule is CCOc1cc(CNc2ccc(O)cc2)cc(Cl)c1OCc1ccccc1F. The molecule has 3 aromatic rings. The number of benzene rings is 3. The first kappa shape index (κ1) is 19.8. The van der Waals surface area contributed by atoms with E-state index in [0.717, 1.165) is 11.3 Å². The third kappa shape index (κ3) is 5.08. The third-order valence-electron chi connectivity index (χ3n) is 4.06. The second-order valence-electron chi connectivity index (χ2n) is 6.12. The topological polar surface area (TPSA) is 50.7 Å². The highest BCUT2D eigenvalue weighted by atomic mass is 35.5. The molecular weight excluding hydrogens is 381 g/mol. The maximum Gasteiger partial charge on any atom is 0.180 e. The maximum absolute atomic E-state index is 13.8. The normalized spacial score (nSPS) is 10.5. The lowest BCUT2D eigenvalue weighted by molar-refractivity contribution is 0.266. The highest BCUT2D eigenvalue weighted by Crippen LogP contribution is 2.37. The first-order valence-electron chi connectivity index (χ1n) is 8.91. The van der Waals surface area contributed by atoms with Crippen molar-refractivity contribution in [1.29, 1.82) is 0 Å². The molecule has 28 heavy (non-hydrogen) atoms. The zero-order valence-corrected chi connectivity index (χ0v) is 16.2. The van der Waals surface area contributed by atoms with Gasteiger partial charge < -0.3 is 19.9 Å². The Balaban J connectivity index is 1.75. The van der Waals surface area contributed by atoms with Gasteiger partial charge in [0.1, 0.15) is 18.2 Å². The van der Waals surface area contributed by atoms with Crippen molar-refractivity contribution >= 4 is 17.3 Å². The van der Waals surface area contributed by atoms with Crippen LogP contribution in [0.1, 0.15) is 18.1 Å². The number of halogens is 2. The van der Waals surface area contributed by atoms with Crippen LogP contribution < -0.4 is 14.8 Å². The van der Waals surface area contributed by atoms with Crippen LogP contribution in [0.5, 0.6) is 17.2 Å². The van der Waals surface area contributed by atoms with E-state index in [1.165, 1.54) is 6.07 Å². The van der Waals surface area contributed by atoms with Crippen LogP contribution in [0.15, 0.2) is 60.7 Å². The number of hydrogen-bond acceptors (Lipinski definition) is 4. The smallest absolute Gasteiger partial charge is 0.180 e. The van der Waals surface area contributed by atoms with Crippen LogP contribution in [0, 0.1) is 5.82 Å². The summed E-state index contributed by atoms with van der Waals surface area (Å²) < 4.78 is 25.3. The first-order chi connectivity index (χ1) is 13.6. The lowest BCUT2D eigenvalue weighted by Crippen LogP contribution is -2.04. The molecule has 0 saturated heterocycles. The Labute approximate surface area is 168 Å². The van der Waals surface area contributed by atoms with E-state index in [4.69, 9.17) is 21.1 Å². The number of hydrogen-bond donors (Lipinski definition) is 2. The van der Waals surface area contributed by atoms with E-state index in [2.05, 4.69) is 5.32 Å². The summed E-state index contributed by atoms with van der Waals surface area (Å²) in [6.07, 6.45) is 0. The highest BCUT2D eigenvalue weighted by Gasteiger charge is 2.14. The molecule has 3 aromatic carbocycles. The molecule has 0 aromatic heterocycles. The minimum Gasteiger partial charge on any atom is -0.508 e. The van der Waals surface area contributed by atoms with Gasteiger partial charge in [-0.2, -0.15) is 0 Å². The molecule has 4 nitrogen and oxygen atoms in total. The van der Waals surface area contributed by atoms with Gasteiger partial charge in [0, 0.05) is 17.8 Å². The average molecular weight is 402 g/mol. The van der Waals surface area contributed by atoms with E-state index in [1.54, 1.807) is 48.5 Å². The summed E-state index contributed by atoms with van der Waals surface area (Å²) in [5.74, 6) is 0.781. The summed E-state index contributed by atoms with van der Waals surface area (Å²) >= 11 is 6.42. The van der Waals surface area contributed by atoms with Crippen LogP contribution in [0.25, 0.3) is 0 Å². The quantitative estimate of drug-likeness (QED) is 0.470. The van der Waals surface area contributed by atoms with Gasteiger partial charge in [-0.1, -0.05) is 29.8 Å². The summed E-state index contributed by atoms with van der Waals surface area (Å²) in [6, 6.07) is 16.9. The van der Waals surface area contributed by atoms with Crippen LogP contribution in [0.4, 0.5) is 10.1 Å². The van der Waals surface area contributed by atoms with Crippen LogP contribution in [-0.2, 0) is 13.2 Å². The Morgan fingerprint density at radius 1 is 1.04 bits per heavy atom. The third-order valence-corrected chi connectivity index (χ3v) is 4.34. The van der Waals surface area contributed by atoms with Crippen molar-refractivity contribution in [1.82, 2.24) is 0 Å². The number of anilines is 1. The molecule has 2 N–H and O–H groups in total. The summed E-state index contributed by atoms with van der Waals surface area (Å²) in [5.41, 5.74) is 2.21. The molecule has 6 heteroatoms. The number of rotatable bonds is 8. The molecule has 0 spiro atoms. The predicted molar refractivity (Wildman–Crippen MR) is 109 cm³/mol. The Hall–Kier alpha value is -2.92. The summed E-state index contributed by atoms with van der Waals surface area (Å²) in [6.45, 7) is 2.88. The maximum atomic E-state index is 13.8. The van der Waals surface area contributed by atoms with E-state index >= 15 is 0 Å². The minimum absolute atomic E-state index is 0.0531. The second-order valence-corrected chi connectivity index (χ2v) is 6.53. The molecule has 0 unspecified atom stereocenters. The highest BCUT2D eigenvalue weighted by molar-refractivity contribution is 6.32. The predicted octanol–water partition coefficient (Wildman–Crippen LogP) is 5.77. The number of phenolic OH excluding ortho intramolecular Hbond substituents is 1. The zero-order chi connectivity index (χ0) is 19.9. The first-order valence-corrected chi connectivity index (χ1v) is 9.29. The van der Waals surface area contributed by atoms with Crippen molar-refractivity contribution < 1.29 is 19.0 Å². The van der Waals surface area contributed by atoms with Gasteiger partial charge in [0.15, 0.2) is 11.5 Å². The lowest BCUT2D eigenvalue weighted by Gasteiger charge is -2.16. The van der Waals surface area contributed by atoms with Gasteiger partial charge in [-0.25, -0.2) is 4.39 Å². The van der Waals surface area contributed by atoms with Crippen molar-refractivity contribution in [3.63, 3.8) is 0 Å². The zero-order valence-electron chi connectivity index (χ0n) is 15.4. The lowest BCUT2D eigenvalue weighted by atomic mass is 10.2. The van der Waals surface area contributed by atoms with Gasteiger partial charge in [0.25, 0.3) is 0 Å². The van der Waals surface area contributed by atoms with Crippen molar-refractivity contribution in [3.8, 4) is 17.2 Å². The van der Waals surface area contributed by atoms with E-state index in [-0.39, 0.29) is 18.2 Å². The molecule has 0 bridgehead atoms. The number of phenols is 1. The van der Waals surface area contributed by atoms with Crippen molar-refractivity contribution in [2.45, 2.75) is 20.1 Å². The fourth-order valence-corrected chi connectivity index (χ4v) is 2.96. The molecule has 0 fully saturated rings. The average Bonchev–Trinajstić information content (AvgIpc) is 2.68. The molecule has 0 atom stereocenters. The molecule has 0 amide bonds. The molecular formula is C22H21ClFNO3. The van der Waals surface area contributed by atoms with Crippen molar-refractivity contribution in [2.75, 3.05) is 11.9 Å². The van der Waals surface area contributed by atoms with Crippen molar-refractivity contribution in [3.05, 3.63) is 82.6 Å². The number of aromatic hydroxyl groups is 1. The fourth-order valence-electron chi connectivity index (χ4n) is 2.68. The summed E-state index contributed by atoms with van der Waals surface area (Å²) in [7, 11) is 0. The summed E-state index contributed by atoms with van der Waals surface area (Å²) in [4.78, 5) is 0. The van der Waals surface area contributed by atoms with E-state index < -0.39 is 0 Å². The van der Waals surface area contributed by atoms with Gasteiger partial charge in [-0.15, -0.1) is 0 Å². The second kappa shape index (κ2) is 9.33. The number of nitrogens with one attached hydrogen (secondary N) is 1.